The summed E-state index contributed by atoms with van der Waals surface area (Å²) in [5, 5.41) is 13.4. The minimum atomic E-state index is -1.25. The van der Waals surface area contributed by atoms with Gasteiger partial charge in [-0.05, 0) is 181 Å². The second-order valence-corrected chi connectivity index (χ2v) is 26.7. The maximum Gasteiger partial charge on any atom is 0.331 e. The molecule has 0 unspecified atom stereocenters. The maximum atomic E-state index is 14.0. The van der Waals surface area contributed by atoms with Gasteiger partial charge in [0.15, 0.2) is 17.4 Å². The van der Waals surface area contributed by atoms with Crippen molar-refractivity contribution in [3.8, 4) is 0 Å². The first kappa shape index (κ1) is 69.1. The molecule has 3 spiro atoms. The normalized spacial score (nSPS) is 22.7. The molecule has 19 heteroatoms. The number of rotatable bonds is 21. The molecule has 17 nitrogen and oxygen atoms in total. The summed E-state index contributed by atoms with van der Waals surface area (Å²) in [6.45, 7) is 17.6. The zero-order valence-electron chi connectivity index (χ0n) is 52.9. The number of hydrogen-bond acceptors (Lipinski definition) is 16. The van der Waals surface area contributed by atoms with Crippen LogP contribution in [0.25, 0.3) is 0 Å². The van der Waals surface area contributed by atoms with Crippen molar-refractivity contribution in [3.05, 3.63) is 102 Å². The van der Waals surface area contributed by atoms with E-state index in [-0.39, 0.29) is 88.4 Å². The largest absolute Gasteiger partial charge is 0.465 e. The summed E-state index contributed by atoms with van der Waals surface area (Å²) in [5.41, 5.74) is 6.68. The minimum absolute atomic E-state index is 0.00568. The fourth-order valence-corrected chi connectivity index (χ4v) is 14.7. The van der Waals surface area contributed by atoms with Gasteiger partial charge in [-0.1, -0.05) is 40.9 Å². The molecular weight excluding hydrogens is 1170 g/mol. The molecular formula is C69H93Cl2NO16. The van der Waals surface area contributed by atoms with E-state index in [0.717, 1.165) is 74.9 Å². The van der Waals surface area contributed by atoms with Crippen LogP contribution in [0.3, 0.4) is 0 Å². The van der Waals surface area contributed by atoms with Gasteiger partial charge in [0.05, 0.1) is 76.7 Å². The molecule has 6 fully saturated rings. The monoisotopic (exact) mass is 1260 g/mol. The summed E-state index contributed by atoms with van der Waals surface area (Å²) in [4.78, 5) is 81.5. The van der Waals surface area contributed by atoms with Gasteiger partial charge in [0, 0.05) is 93.7 Å². The number of ketones is 2. The Kier molecular flexibility index (Phi) is 24.0. The molecule has 484 valence electrons. The Labute approximate surface area is 529 Å². The molecule has 1 amide bonds. The minimum Gasteiger partial charge on any atom is -0.465 e. The Morgan fingerprint density at radius 3 is 1.12 bits per heavy atom. The second-order valence-electron chi connectivity index (χ2n) is 25.8. The SMILES string of the molecule is Cc1cc(C)c(CC(=O)NC2(C(=O)OCCCOC(=O)C3(CC(=O)Cc4c(C)cc(Cl)cc4C)CCC4(CC3)OCCCO4)CCC3(CC2)OCCCO3)c(C)c1.Cc1cc(Cl)cc(C)c1CC(=O)CC1(C(=O)OCCCO)CCC2(CC1)OCCCO2. The van der Waals surface area contributed by atoms with E-state index in [1.54, 1.807) is 0 Å². The standard InChI is InChI=1S/C45H60ClNO10.C24H33ClO6/c1-30-23-31(2)38(32(3)24-30)28-39(49)47-43(11-15-45(16-12-43)56-21-8-22-57-45)41(51)53-18-6-17-52-40(50)42(9-13-44(14-10-42)54-19-7-20-55-44)29-36(48)27-37-33(4)25-35(46)26-34(37)5;1-17-13-19(25)14-18(2)21(17)15-20(27)16-23(22(28)29-10-3-9-26)5-7-24(8-6-23)30-11-4-12-31-24/h23-26H,6-22,27-29H2,1-5H3,(H,47,49);13-14,26H,3-12,15-16H2,1-2H3. The molecule has 3 saturated carbocycles. The van der Waals surface area contributed by atoms with Crippen molar-refractivity contribution < 1.29 is 76.5 Å². The van der Waals surface area contributed by atoms with Crippen LogP contribution in [0.1, 0.15) is 178 Å². The number of hydrogen-bond donors (Lipinski definition) is 2. The summed E-state index contributed by atoms with van der Waals surface area (Å²) < 4.78 is 53.2. The van der Waals surface area contributed by atoms with Crippen molar-refractivity contribution in [2.24, 2.45) is 10.8 Å². The van der Waals surface area contributed by atoms with Crippen LogP contribution in [0.5, 0.6) is 0 Å². The third kappa shape index (κ3) is 17.4. The maximum absolute atomic E-state index is 14.0. The molecule has 3 saturated heterocycles. The molecule has 3 aliphatic heterocycles. The lowest BCUT2D eigenvalue weighted by atomic mass is 9.68. The van der Waals surface area contributed by atoms with Crippen molar-refractivity contribution in [1.82, 2.24) is 5.32 Å². The van der Waals surface area contributed by atoms with Crippen LogP contribution in [0, 0.1) is 59.3 Å². The summed E-state index contributed by atoms with van der Waals surface area (Å²) in [6.07, 6.45) is 9.25. The fourth-order valence-electron chi connectivity index (χ4n) is 14.0. The van der Waals surface area contributed by atoms with Crippen molar-refractivity contribution in [3.63, 3.8) is 0 Å². The Hall–Kier alpha value is -4.82. The number of aryl methyl sites for hydroxylation is 7. The number of Topliss-reactive ketones (excluding diaryl/α,β-unsaturated/α-hetero) is 2. The summed E-state index contributed by atoms with van der Waals surface area (Å²) in [5.74, 6) is -3.75. The average Bonchev–Trinajstić information content (AvgIpc) is 1.45. The van der Waals surface area contributed by atoms with Crippen molar-refractivity contribution in [2.45, 2.75) is 213 Å². The second kappa shape index (κ2) is 30.5. The van der Waals surface area contributed by atoms with E-state index in [9.17, 15) is 28.8 Å². The number of carbonyl (C=O) groups excluding carboxylic acids is 6. The average molecular weight is 1260 g/mol. The highest BCUT2D eigenvalue weighted by Gasteiger charge is 2.54. The number of benzene rings is 3. The summed E-state index contributed by atoms with van der Waals surface area (Å²) in [6, 6.07) is 11.5. The van der Waals surface area contributed by atoms with E-state index in [1.165, 1.54) is 0 Å². The van der Waals surface area contributed by atoms with Crippen LogP contribution < -0.4 is 5.32 Å². The quantitative estimate of drug-likeness (QED) is 0.0576. The van der Waals surface area contributed by atoms with E-state index in [4.69, 9.17) is 70.9 Å². The molecule has 88 heavy (non-hydrogen) atoms. The van der Waals surface area contributed by atoms with E-state index in [2.05, 4.69) is 17.4 Å². The predicted octanol–water partition coefficient (Wildman–Crippen LogP) is 11.4. The Morgan fingerprint density at radius 1 is 0.443 bits per heavy atom. The number of esters is 3. The van der Waals surface area contributed by atoms with Crippen LogP contribution in [0.4, 0.5) is 0 Å². The van der Waals surface area contributed by atoms with Crippen molar-refractivity contribution in [1.29, 1.82) is 0 Å². The van der Waals surface area contributed by atoms with E-state index in [1.807, 2.05) is 72.7 Å². The van der Waals surface area contributed by atoms with Gasteiger partial charge in [0.25, 0.3) is 0 Å². The van der Waals surface area contributed by atoms with Gasteiger partial charge < -0.3 is 53.1 Å². The van der Waals surface area contributed by atoms with Gasteiger partial charge in [-0.25, -0.2) is 4.79 Å². The predicted molar refractivity (Wildman–Crippen MR) is 331 cm³/mol. The number of carbonyl (C=O) groups is 6. The number of amides is 1. The van der Waals surface area contributed by atoms with Crippen LogP contribution in [0.2, 0.25) is 10.0 Å². The van der Waals surface area contributed by atoms with Gasteiger partial charge in [-0.3, -0.25) is 24.0 Å². The molecule has 3 heterocycles. The molecule has 0 radical (unpaired) electrons. The smallest absolute Gasteiger partial charge is 0.331 e. The number of ether oxygens (including phenoxy) is 9. The molecule has 3 aromatic rings. The number of nitrogens with one attached hydrogen (secondary N) is 1. The lowest BCUT2D eigenvalue weighted by Crippen LogP contribution is -2.61. The third-order valence-electron chi connectivity index (χ3n) is 19.1. The first-order chi connectivity index (χ1) is 42.0. The van der Waals surface area contributed by atoms with Gasteiger partial charge in [-0.15, -0.1) is 0 Å². The molecule has 2 N–H and O–H groups in total. The van der Waals surface area contributed by atoms with Crippen LogP contribution >= 0.6 is 23.2 Å². The molecule has 3 aromatic carbocycles. The molecule has 0 atom stereocenters. The van der Waals surface area contributed by atoms with Crippen LogP contribution in [-0.4, -0.2) is 129 Å². The Balaban J connectivity index is 0.000000272. The highest BCUT2D eigenvalue weighted by atomic mass is 35.5. The van der Waals surface area contributed by atoms with Crippen molar-refractivity contribution >= 4 is 58.6 Å². The third-order valence-corrected chi connectivity index (χ3v) is 19.5. The number of aliphatic hydroxyl groups excluding tert-OH is 1. The van der Waals surface area contributed by atoms with E-state index < -0.39 is 45.7 Å². The van der Waals surface area contributed by atoms with Crippen LogP contribution in [0.15, 0.2) is 36.4 Å². The lowest BCUT2D eigenvalue weighted by molar-refractivity contribution is -0.288. The highest BCUT2D eigenvalue weighted by molar-refractivity contribution is 6.31. The van der Waals surface area contributed by atoms with E-state index >= 15 is 0 Å². The molecule has 0 aromatic heterocycles. The van der Waals surface area contributed by atoms with Gasteiger partial charge in [0.1, 0.15) is 17.1 Å². The van der Waals surface area contributed by atoms with Crippen LogP contribution in [-0.2, 0) is 90.7 Å². The highest BCUT2D eigenvalue weighted by Crippen LogP contribution is 2.50. The summed E-state index contributed by atoms with van der Waals surface area (Å²) >= 11 is 12.4. The molecule has 0 bridgehead atoms. The first-order valence-electron chi connectivity index (χ1n) is 31.8. The number of aliphatic hydroxyl groups is 1. The molecule has 6 aliphatic rings. The first-order valence-corrected chi connectivity index (χ1v) is 32.6. The van der Waals surface area contributed by atoms with Gasteiger partial charge in [0.2, 0.25) is 5.91 Å². The van der Waals surface area contributed by atoms with Gasteiger partial charge in [-0.2, -0.15) is 0 Å². The van der Waals surface area contributed by atoms with Gasteiger partial charge >= 0.3 is 17.9 Å². The Bertz CT molecular complexity index is 2750. The lowest BCUT2D eigenvalue weighted by Gasteiger charge is -2.46. The Morgan fingerprint density at radius 2 is 0.761 bits per heavy atom. The molecule has 9 rings (SSSR count). The fraction of sp³-hybridized carbons (Fsp3) is 0.652. The zero-order chi connectivity index (χ0) is 63.3. The topological polar surface area (TPSA) is 218 Å². The van der Waals surface area contributed by atoms with Crippen molar-refractivity contribution in [2.75, 3.05) is 66.1 Å². The van der Waals surface area contributed by atoms with E-state index in [0.29, 0.717) is 133 Å². The zero-order valence-corrected chi connectivity index (χ0v) is 54.4. The number of halogens is 2. The molecule has 3 aliphatic carbocycles. The summed E-state index contributed by atoms with van der Waals surface area (Å²) in [7, 11) is 0.